The first-order valence-electron chi connectivity index (χ1n) is 9.70. The molecule has 1 aromatic carbocycles. The summed E-state index contributed by atoms with van der Waals surface area (Å²) in [6, 6.07) is 10.9. The predicted octanol–water partition coefficient (Wildman–Crippen LogP) is 5.12. The van der Waals surface area contributed by atoms with Gasteiger partial charge in [-0.25, -0.2) is 0 Å². The van der Waals surface area contributed by atoms with E-state index in [0.717, 1.165) is 17.6 Å². The first-order chi connectivity index (χ1) is 11.7. The van der Waals surface area contributed by atoms with E-state index in [1.165, 1.54) is 64.2 Å². The van der Waals surface area contributed by atoms with Gasteiger partial charge in [-0.3, -0.25) is 4.79 Å². The Labute approximate surface area is 146 Å². The first kappa shape index (κ1) is 19.0. The summed E-state index contributed by atoms with van der Waals surface area (Å²) in [7, 11) is 0. The van der Waals surface area contributed by atoms with Gasteiger partial charge in [0.15, 0.2) is 0 Å². The van der Waals surface area contributed by atoms with Gasteiger partial charge in [0.05, 0.1) is 5.92 Å². The van der Waals surface area contributed by atoms with Crippen LogP contribution in [0.25, 0.3) is 0 Å². The van der Waals surface area contributed by atoms with Crippen LogP contribution in [0.15, 0.2) is 30.3 Å². The van der Waals surface area contributed by atoms with Crippen LogP contribution in [-0.2, 0) is 4.79 Å². The van der Waals surface area contributed by atoms with Crippen molar-refractivity contribution in [1.29, 1.82) is 0 Å². The second-order valence-electron chi connectivity index (χ2n) is 7.31. The van der Waals surface area contributed by atoms with Crippen LogP contribution in [0, 0.1) is 0 Å². The smallest absolute Gasteiger partial charge is 0.310 e. The van der Waals surface area contributed by atoms with Gasteiger partial charge < -0.3 is 10.4 Å². The molecule has 0 spiro atoms. The summed E-state index contributed by atoms with van der Waals surface area (Å²) in [6.07, 6.45) is 14.6. The average molecular weight is 332 g/mol. The van der Waals surface area contributed by atoms with Gasteiger partial charge in [-0.15, -0.1) is 0 Å². The van der Waals surface area contributed by atoms with Crippen molar-refractivity contribution in [2.75, 3.05) is 0 Å². The zero-order chi connectivity index (χ0) is 17.2. The van der Waals surface area contributed by atoms with E-state index in [1.807, 2.05) is 30.3 Å². The molecule has 0 heterocycles. The molecule has 3 nitrogen and oxygen atoms in total. The fourth-order valence-corrected chi connectivity index (χ4v) is 3.76. The number of carboxylic acids is 1. The van der Waals surface area contributed by atoms with Crippen LogP contribution in [-0.4, -0.2) is 23.2 Å². The Bertz CT molecular complexity index is 446. The van der Waals surface area contributed by atoms with Crippen molar-refractivity contribution in [2.24, 2.45) is 0 Å². The van der Waals surface area contributed by atoms with E-state index in [9.17, 15) is 4.79 Å². The number of hydrogen-bond acceptors (Lipinski definition) is 2. The lowest BCUT2D eigenvalue weighted by Crippen LogP contribution is -2.40. The number of carbonyl (C=O) groups is 1. The molecule has 2 aliphatic carbocycles. The molecule has 0 aliphatic heterocycles. The molecule has 2 fully saturated rings. The Balaban J connectivity index is 0.000000177. The lowest BCUT2D eigenvalue weighted by molar-refractivity contribution is -0.138. The SMILES string of the molecule is C1CCC(NC2CCCCC2)CC1.CC(C(=O)O)c1ccccc1. The second-order valence-corrected chi connectivity index (χ2v) is 7.31. The third-order valence-corrected chi connectivity index (χ3v) is 5.35. The summed E-state index contributed by atoms with van der Waals surface area (Å²) in [5.41, 5.74) is 0.847. The maximum atomic E-state index is 10.5. The largest absolute Gasteiger partial charge is 0.481 e. The standard InChI is InChI=1S/C12H23N.C9H10O2/c1-3-7-11(8-4-1)13-12-9-5-2-6-10-12;1-7(9(10)11)8-5-3-2-4-6-8/h11-13H,1-10H2;2-7H,1H3,(H,10,11). The third kappa shape index (κ3) is 6.64. The van der Waals surface area contributed by atoms with Gasteiger partial charge in [0, 0.05) is 12.1 Å². The highest BCUT2D eigenvalue weighted by atomic mass is 16.4. The van der Waals surface area contributed by atoms with Gasteiger partial charge in [0.2, 0.25) is 0 Å². The van der Waals surface area contributed by atoms with Gasteiger partial charge in [-0.1, -0.05) is 68.9 Å². The van der Waals surface area contributed by atoms with Gasteiger partial charge in [0.1, 0.15) is 0 Å². The maximum Gasteiger partial charge on any atom is 0.310 e. The van der Waals surface area contributed by atoms with Gasteiger partial charge >= 0.3 is 5.97 Å². The molecule has 0 radical (unpaired) electrons. The van der Waals surface area contributed by atoms with Crippen LogP contribution >= 0.6 is 0 Å². The molecule has 1 unspecified atom stereocenters. The molecule has 24 heavy (non-hydrogen) atoms. The highest BCUT2D eigenvalue weighted by Crippen LogP contribution is 2.22. The topological polar surface area (TPSA) is 49.3 Å². The van der Waals surface area contributed by atoms with E-state index in [-0.39, 0.29) is 0 Å². The lowest BCUT2D eigenvalue weighted by Gasteiger charge is -2.30. The van der Waals surface area contributed by atoms with Crippen molar-refractivity contribution in [3.63, 3.8) is 0 Å². The second kappa shape index (κ2) is 10.5. The van der Waals surface area contributed by atoms with Crippen molar-refractivity contribution >= 4 is 5.97 Å². The predicted molar refractivity (Wildman–Crippen MR) is 99.4 cm³/mol. The van der Waals surface area contributed by atoms with E-state index in [0.29, 0.717) is 0 Å². The number of rotatable bonds is 4. The molecule has 3 heteroatoms. The van der Waals surface area contributed by atoms with Crippen LogP contribution < -0.4 is 5.32 Å². The highest BCUT2D eigenvalue weighted by Gasteiger charge is 2.19. The highest BCUT2D eigenvalue weighted by molar-refractivity contribution is 5.75. The molecule has 1 atom stereocenters. The maximum absolute atomic E-state index is 10.5. The Kier molecular flexibility index (Phi) is 8.31. The third-order valence-electron chi connectivity index (χ3n) is 5.35. The molecule has 2 aliphatic rings. The van der Waals surface area contributed by atoms with Crippen molar-refractivity contribution in [3.05, 3.63) is 35.9 Å². The molecule has 0 amide bonds. The molecule has 2 saturated carbocycles. The first-order valence-corrected chi connectivity index (χ1v) is 9.70. The molecule has 1 aromatic rings. The fourth-order valence-electron chi connectivity index (χ4n) is 3.76. The normalized spacial score (nSPS) is 20.7. The number of aliphatic carboxylic acids is 1. The summed E-state index contributed by atoms with van der Waals surface area (Å²) >= 11 is 0. The van der Waals surface area contributed by atoms with E-state index in [2.05, 4.69) is 5.32 Å². The van der Waals surface area contributed by atoms with Crippen LogP contribution in [0.2, 0.25) is 0 Å². The summed E-state index contributed by atoms with van der Waals surface area (Å²) < 4.78 is 0. The Morgan fingerprint density at radius 2 is 1.38 bits per heavy atom. The van der Waals surface area contributed by atoms with Crippen LogP contribution in [0.1, 0.15) is 82.6 Å². The zero-order valence-corrected chi connectivity index (χ0v) is 15.0. The van der Waals surface area contributed by atoms with Crippen molar-refractivity contribution in [1.82, 2.24) is 5.32 Å². The molecule has 3 rings (SSSR count). The fraction of sp³-hybridized carbons (Fsp3) is 0.667. The summed E-state index contributed by atoms with van der Waals surface area (Å²) in [4.78, 5) is 10.5. The van der Waals surface area contributed by atoms with E-state index >= 15 is 0 Å². The van der Waals surface area contributed by atoms with Gasteiger partial charge in [0.25, 0.3) is 0 Å². The van der Waals surface area contributed by atoms with E-state index < -0.39 is 11.9 Å². The summed E-state index contributed by atoms with van der Waals surface area (Å²) in [5, 5.41) is 12.5. The lowest BCUT2D eigenvalue weighted by atomic mass is 9.91. The Morgan fingerprint density at radius 3 is 1.79 bits per heavy atom. The quantitative estimate of drug-likeness (QED) is 0.805. The van der Waals surface area contributed by atoms with E-state index in [4.69, 9.17) is 5.11 Å². The zero-order valence-electron chi connectivity index (χ0n) is 15.0. The van der Waals surface area contributed by atoms with Crippen molar-refractivity contribution < 1.29 is 9.90 Å². The Morgan fingerprint density at radius 1 is 0.917 bits per heavy atom. The monoisotopic (exact) mass is 331 g/mol. The summed E-state index contributed by atoms with van der Waals surface area (Å²) in [6.45, 7) is 1.68. The molecule has 0 aromatic heterocycles. The minimum atomic E-state index is -0.781. The van der Waals surface area contributed by atoms with Crippen LogP contribution in [0.5, 0.6) is 0 Å². The molecule has 0 saturated heterocycles. The number of benzene rings is 1. The van der Waals surface area contributed by atoms with Gasteiger partial charge in [-0.2, -0.15) is 0 Å². The van der Waals surface area contributed by atoms with Crippen LogP contribution in [0.3, 0.4) is 0 Å². The number of nitrogens with one attached hydrogen (secondary N) is 1. The molecular weight excluding hydrogens is 298 g/mol. The number of hydrogen-bond donors (Lipinski definition) is 2. The molecule has 2 N–H and O–H groups in total. The van der Waals surface area contributed by atoms with Crippen LogP contribution in [0.4, 0.5) is 0 Å². The molecular formula is C21H33NO2. The van der Waals surface area contributed by atoms with Gasteiger partial charge in [-0.05, 0) is 38.2 Å². The van der Waals surface area contributed by atoms with E-state index in [1.54, 1.807) is 6.92 Å². The van der Waals surface area contributed by atoms with Crippen molar-refractivity contribution in [3.8, 4) is 0 Å². The minimum absolute atomic E-state index is 0.406. The number of carboxylic acid groups (broad SMARTS) is 1. The Hall–Kier alpha value is -1.35. The molecule has 0 bridgehead atoms. The minimum Gasteiger partial charge on any atom is -0.481 e. The summed E-state index contributed by atoms with van der Waals surface area (Å²) in [5.74, 6) is -1.19. The molecule has 134 valence electrons. The average Bonchev–Trinajstić information content (AvgIpc) is 2.64. The van der Waals surface area contributed by atoms with Crippen molar-refractivity contribution in [2.45, 2.75) is 89.1 Å².